The fourth-order valence-electron chi connectivity index (χ4n) is 2.25. The summed E-state index contributed by atoms with van der Waals surface area (Å²) in [5.74, 6) is 0. The molecule has 0 aromatic heterocycles. The molecule has 0 aliphatic carbocycles. The minimum absolute atomic E-state index is 0.581. The molecule has 0 N–H and O–H groups in total. The van der Waals surface area contributed by atoms with Gasteiger partial charge in [0.15, 0.2) is 0 Å². The van der Waals surface area contributed by atoms with Crippen LogP contribution in [0.5, 0.6) is 0 Å². The average molecular weight is 420 g/mol. The lowest BCUT2D eigenvalue weighted by molar-refractivity contribution is 1.69. The molecule has 0 spiro atoms. The molecule has 3 rings (SSSR count). The Bertz CT molecular complexity index is 695. The number of hydrogen-bond acceptors (Lipinski definition) is 0. The van der Waals surface area contributed by atoms with Gasteiger partial charge >= 0.3 is 0 Å². The van der Waals surface area contributed by atoms with Crippen molar-refractivity contribution in [1.82, 2.24) is 0 Å². The summed E-state index contributed by atoms with van der Waals surface area (Å²) in [6, 6.07) is 27.7. The first-order valence-corrected chi connectivity index (χ1v) is 9.54. The molecule has 21 heavy (non-hydrogen) atoms. The third-order valence-electron chi connectivity index (χ3n) is 3.20. The smallest absolute Gasteiger partial charge is 0.0258 e. The molecule has 0 heterocycles. The molecule has 0 saturated heterocycles. The number of halogens is 2. The summed E-state index contributed by atoms with van der Waals surface area (Å²) in [5, 5.41) is 4.03. The lowest BCUT2D eigenvalue weighted by Gasteiger charge is -2.21. The number of benzene rings is 3. The molecule has 0 aliphatic rings. The third-order valence-corrected chi connectivity index (χ3v) is 7.76. The van der Waals surface area contributed by atoms with E-state index in [-0.39, 0.29) is 0 Å². The standard InChI is InChI=1S/C18H13Br2P/c19-15-10-4-6-12-17(15)21(14-8-2-1-3-9-14)18-13-7-5-11-16(18)20/h1-13H. The lowest BCUT2D eigenvalue weighted by atomic mass is 10.4. The van der Waals surface area contributed by atoms with Crippen LogP contribution in [0.2, 0.25) is 0 Å². The van der Waals surface area contributed by atoms with Gasteiger partial charge in [-0.2, -0.15) is 0 Å². The summed E-state index contributed by atoms with van der Waals surface area (Å²) in [7, 11) is -0.581. The quantitative estimate of drug-likeness (QED) is 0.526. The minimum Gasteiger partial charge on any atom is -0.0622 e. The van der Waals surface area contributed by atoms with Gasteiger partial charge in [-0.15, -0.1) is 0 Å². The zero-order valence-corrected chi connectivity index (χ0v) is 15.3. The SMILES string of the molecule is Brc1ccccc1P(c1ccccc1)c1ccccc1Br. The Balaban J connectivity index is 2.22. The summed E-state index contributed by atoms with van der Waals surface area (Å²) in [6.45, 7) is 0. The van der Waals surface area contributed by atoms with Crippen molar-refractivity contribution >= 4 is 55.7 Å². The second kappa shape index (κ2) is 6.87. The Morgan fingerprint density at radius 1 is 0.524 bits per heavy atom. The fraction of sp³-hybridized carbons (Fsp3) is 0. The van der Waals surface area contributed by atoms with Crippen LogP contribution in [-0.2, 0) is 0 Å². The van der Waals surface area contributed by atoms with Crippen molar-refractivity contribution in [2.75, 3.05) is 0 Å². The highest BCUT2D eigenvalue weighted by Gasteiger charge is 2.20. The van der Waals surface area contributed by atoms with Crippen LogP contribution in [0.1, 0.15) is 0 Å². The maximum absolute atomic E-state index is 3.72. The van der Waals surface area contributed by atoms with Crippen LogP contribution in [0, 0.1) is 0 Å². The summed E-state index contributed by atoms with van der Waals surface area (Å²) >= 11 is 7.43. The van der Waals surface area contributed by atoms with E-state index in [2.05, 4.69) is 111 Å². The van der Waals surface area contributed by atoms with E-state index in [1.165, 1.54) is 15.9 Å². The fourth-order valence-corrected chi connectivity index (χ4v) is 6.22. The molecule has 0 nitrogen and oxygen atoms in total. The van der Waals surface area contributed by atoms with Crippen molar-refractivity contribution in [3.05, 3.63) is 87.8 Å². The largest absolute Gasteiger partial charge is 0.0622 e. The maximum Gasteiger partial charge on any atom is 0.0258 e. The van der Waals surface area contributed by atoms with Crippen molar-refractivity contribution in [2.24, 2.45) is 0 Å². The topological polar surface area (TPSA) is 0 Å². The highest BCUT2D eigenvalue weighted by Crippen LogP contribution is 2.37. The van der Waals surface area contributed by atoms with Gasteiger partial charge in [-0.3, -0.25) is 0 Å². The van der Waals surface area contributed by atoms with Gasteiger partial charge in [-0.1, -0.05) is 98.6 Å². The van der Waals surface area contributed by atoms with Crippen molar-refractivity contribution in [3.63, 3.8) is 0 Å². The first kappa shape index (κ1) is 15.0. The van der Waals surface area contributed by atoms with E-state index in [4.69, 9.17) is 0 Å². The lowest BCUT2D eigenvalue weighted by Crippen LogP contribution is -2.22. The molecule has 0 amide bonds. The van der Waals surface area contributed by atoms with Gasteiger partial charge in [-0.25, -0.2) is 0 Å². The van der Waals surface area contributed by atoms with Gasteiger partial charge in [0.05, 0.1) is 0 Å². The van der Waals surface area contributed by atoms with Crippen LogP contribution in [0.15, 0.2) is 87.8 Å². The number of rotatable bonds is 3. The first-order chi connectivity index (χ1) is 10.3. The van der Waals surface area contributed by atoms with Gasteiger partial charge in [0.25, 0.3) is 0 Å². The molecule has 3 heteroatoms. The van der Waals surface area contributed by atoms with Crippen LogP contribution in [0.25, 0.3) is 0 Å². The molecule has 0 saturated carbocycles. The van der Waals surface area contributed by atoms with E-state index in [9.17, 15) is 0 Å². The second-order valence-electron chi connectivity index (χ2n) is 4.57. The summed E-state index contributed by atoms with van der Waals surface area (Å²) in [6.07, 6.45) is 0. The van der Waals surface area contributed by atoms with Gasteiger partial charge in [0, 0.05) is 8.95 Å². The second-order valence-corrected chi connectivity index (χ2v) is 8.43. The molecular formula is C18H13Br2P. The Hall–Kier alpha value is -0.950. The Morgan fingerprint density at radius 3 is 1.43 bits per heavy atom. The minimum atomic E-state index is -0.581. The van der Waals surface area contributed by atoms with Crippen LogP contribution in [-0.4, -0.2) is 0 Å². The molecule has 3 aromatic carbocycles. The van der Waals surface area contributed by atoms with Gasteiger partial charge in [-0.05, 0) is 36.0 Å². The van der Waals surface area contributed by atoms with E-state index in [1.807, 2.05) is 0 Å². The molecule has 0 aliphatic heterocycles. The summed E-state index contributed by atoms with van der Waals surface area (Å²) < 4.78 is 2.33. The molecule has 104 valence electrons. The predicted octanol–water partition coefficient (Wildman–Crippen LogP) is 4.97. The average Bonchev–Trinajstić information content (AvgIpc) is 2.52. The number of hydrogen-bond donors (Lipinski definition) is 0. The van der Waals surface area contributed by atoms with Crippen molar-refractivity contribution < 1.29 is 0 Å². The van der Waals surface area contributed by atoms with E-state index >= 15 is 0 Å². The van der Waals surface area contributed by atoms with E-state index in [1.54, 1.807) is 0 Å². The monoisotopic (exact) mass is 418 g/mol. The Labute approximate surface area is 143 Å². The normalized spacial score (nSPS) is 10.8. The van der Waals surface area contributed by atoms with Gasteiger partial charge < -0.3 is 0 Å². The zero-order valence-electron chi connectivity index (χ0n) is 11.2. The summed E-state index contributed by atoms with van der Waals surface area (Å²) in [4.78, 5) is 0. The summed E-state index contributed by atoms with van der Waals surface area (Å²) in [5.41, 5.74) is 0. The zero-order chi connectivity index (χ0) is 14.7. The van der Waals surface area contributed by atoms with Crippen molar-refractivity contribution in [2.45, 2.75) is 0 Å². The van der Waals surface area contributed by atoms with Crippen LogP contribution in [0.3, 0.4) is 0 Å². The molecule has 0 atom stereocenters. The van der Waals surface area contributed by atoms with Crippen LogP contribution >= 0.6 is 39.8 Å². The van der Waals surface area contributed by atoms with Gasteiger partial charge in [0.2, 0.25) is 0 Å². The Morgan fingerprint density at radius 2 is 0.952 bits per heavy atom. The predicted molar refractivity (Wildman–Crippen MR) is 101 cm³/mol. The van der Waals surface area contributed by atoms with Crippen LogP contribution < -0.4 is 15.9 Å². The molecule has 3 aromatic rings. The highest BCUT2D eigenvalue weighted by molar-refractivity contribution is 9.11. The van der Waals surface area contributed by atoms with E-state index in [0.717, 1.165) is 8.95 Å². The first-order valence-electron chi connectivity index (χ1n) is 6.61. The molecule has 0 radical (unpaired) electrons. The Kier molecular flexibility index (Phi) is 4.90. The molecule has 0 unspecified atom stereocenters. The molecular weight excluding hydrogens is 407 g/mol. The van der Waals surface area contributed by atoms with Gasteiger partial charge in [0.1, 0.15) is 0 Å². The molecule has 0 bridgehead atoms. The van der Waals surface area contributed by atoms with E-state index in [0.29, 0.717) is 0 Å². The maximum atomic E-state index is 3.72. The van der Waals surface area contributed by atoms with E-state index < -0.39 is 7.92 Å². The van der Waals surface area contributed by atoms with Crippen LogP contribution in [0.4, 0.5) is 0 Å². The third kappa shape index (κ3) is 3.29. The van der Waals surface area contributed by atoms with Crippen molar-refractivity contribution in [1.29, 1.82) is 0 Å². The van der Waals surface area contributed by atoms with Crippen molar-refractivity contribution in [3.8, 4) is 0 Å². The highest BCUT2D eigenvalue weighted by atomic mass is 79.9. The molecule has 0 fully saturated rings.